The molecule has 0 radical (unpaired) electrons. The molecule has 0 bridgehead atoms. The monoisotopic (exact) mass is 357 g/mol. The SMILES string of the molecule is O=C(c1cc(-c2ccco2)on1)N1CCN(C[C@@H](O)c2ccco2)CC1. The van der Waals surface area contributed by atoms with Gasteiger partial charge in [0.2, 0.25) is 5.76 Å². The van der Waals surface area contributed by atoms with Crippen molar-refractivity contribution in [1.29, 1.82) is 0 Å². The molecule has 1 atom stereocenters. The number of nitrogens with zero attached hydrogens (tertiary/aromatic N) is 3. The first kappa shape index (κ1) is 16.6. The Morgan fingerprint density at radius 3 is 2.58 bits per heavy atom. The molecule has 1 aliphatic rings. The average molecular weight is 357 g/mol. The van der Waals surface area contributed by atoms with E-state index in [4.69, 9.17) is 13.4 Å². The Labute approximate surface area is 149 Å². The van der Waals surface area contributed by atoms with Crippen LogP contribution in [0.1, 0.15) is 22.4 Å². The van der Waals surface area contributed by atoms with E-state index >= 15 is 0 Å². The van der Waals surface area contributed by atoms with Gasteiger partial charge in [-0.15, -0.1) is 0 Å². The van der Waals surface area contributed by atoms with Gasteiger partial charge < -0.3 is 23.4 Å². The number of hydrogen-bond donors (Lipinski definition) is 1. The summed E-state index contributed by atoms with van der Waals surface area (Å²) in [6.07, 6.45) is 2.42. The predicted octanol–water partition coefficient (Wildman–Crippen LogP) is 2.02. The van der Waals surface area contributed by atoms with Crippen LogP contribution in [0.25, 0.3) is 11.5 Å². The second-order valence-electron chi connectivity index (χ2n) is 6.18. The number of carbonyl (C=O) groups excluding carboxylic acids is 1. The van der Waals surface area contributed by atoms with Gasteiger partial charge in [-0.3, -0.25) is 9.69 Å². The zero-order valence-corrected chi connectivity index (χ0v) is 14.1. The van der Waals surface area contributed by atoms with Crippen LogP contribution in [0.2, 0.25) is 0 Å². The van der Waals surface area contributed by atoms with Gasteiger partial charge >= 0.3 is 0 Å². The summed E-state index contributed by atoms with van der Waals surface area (Å²) in [5.74, 6) is 1.35. The van der Waals surface area contributed by atoms with E-state index in [9.17, 15) is 9.90 Å². The van der Waals surface area contributed by atoms with Gasteiger partial charge in [0.25, 0.3) is 5.91 Å². The fraction of sp³-hybridized carbons (Fsp3) is 0.333. The Kier molecular flexibility index (Phi) is 4.59. The molecule has 4 heterocycles. The molecule has 1 aliphatic heterocycles. The second-order valence-corrected chi connectivity index (χ2v) is 6.18. The van der Waals surface area contributed by atoms with Gasteiger partial charge in [-0.1, -0.05) is 5.16 Å². The maximum Gasteiger partial charge on any atom is 0.276 e. The number of aromatic nitrogens is 1. The molecule has 0 unspecified atom stereocenters. The summed E-state index contributed by atoms with van der Waals surface area (Å²) in [6, 6.07) is 8.59. The van der Waals surface area contributed by atoms with E-state index in [1.54, 1.807) is 41.5 Å². The Morgan fingerprint density at radius 1 is 1.12 bits per heavy atom. The molecule has 3 aromatic heterocycles. The topological polar surface area (TPSA) is 96.1 Å². The van der Waals surface area contributed by atoms with Crippen molar-refractivity contribution in [3.63, 3.8) is 0 Å². The van der Waals surface area contributed by atoms with Crippen molar-refractivity contribution >= 4 is 5.91 Å². The summed E-state index contributed by atoms with van der Waals surface area (Å²) >= 11 is 0. The van der Waals surface area contributed by atoms with Crippen LogP contribution in [0, 0.1) is 0 Å². The molecular weight excluding hydrogens is 338 g/mol. The molecule has 8 heteroatoms. The number of aliphatic hydroxyl groups is 1. The van der Waals surface area contributed by atoms with Gasteiger partial charge in [0.05, 0.1) is 12.5 Å². The molecule has 3 aromatic rings. The lowest BCUT2D eigenvalue weighted by Crippen LogP contribution is -2.49. The smallest absolute Gasteiger partial charge is 0.276 e. The van der Waals surface area contributed by atoms with Crippen LogP contribution in [0.3, 0.4) is 0 Å². The number of β-amino-alcohol motifs (C(OH)–C–C–N with tert-alkyl or cyclic N) is 1. The largest absolute Gasteiger partial charge is 0.467 e. The van der Waals surface area contributed by atoms with Gasteiger partial charge in [0.1, 0.15) is 11.9 Å². The van der Waals surface area contributed by atoms with Crippen molar-refractivity contribution in [1.82, 2.24) is 15.0 Å². The number of aliphatic hydroxyl groups excluding tert-OH is 1. The Morgan fingerprint density at radius 2 is 1.88 bits per heavy atom. The molecule has 136 valence electrons. The summed E-state index contributed by atoms with van der Waals surface area (Å²) in [7, 11) is 0. The summed E-state index contributed by atoms with van der Waals surface area (Å²) in [6.45, 7) is 2.94. The summed E-state index contributed by atoms with van der Waals surface area (Å²) in [5, 5.41) is 14.0. The highest BCUT2D eigenvalue weighted by Gasteiger charge is 2.26. The molecule has 1 saturated heterocycles. The zero-order valence-electron chi connectivity index (χ0n) is 14.1. The fourth-order valence-electron chi connectivity index (χ4n) is 3.02. The lowest BCUT2D eigenvalue weighted by atomic mass is 10.2. The first-order valence-electron chi connectivity index (χ1n) is 8.44. The van der Waals surface area contributed by atoms with Gasteiger partial charge in [-0.05, 0) is 24.3 Å². The predicted molar refractivity (Wildman–Crippen MR) is 90.2 cm³/mol. The number of rotatable bonds is 5. The highest BCUT2D eigenvalue weighted by Crippen LogP contribution is 2.22. The number of piperazine rings is 1. The molecule has 1 N–H and O–H groups in total. The van der Waals surface area contributed by atoms with E-state index in [-0.39, 0.29) is 11.6 Å². The van der Waals surface area contributed by atoms with Crippen LogP contribution in [0.4, 0.5) is 0 Å². The zero-order chi connectivity index (χ0) is 17.9. The average Bonchev–Trinajstić information content (AvgIpc) is 3.43. The Bertz CT molecular complexity index is 832. The molecule has 26 heavy (non-hydrogen) atoms. The maximum absolute atomic E-state index is 12.6. The third-order valence-corrected chi connectivity index (χ3v) is 4.46. The van der Waals surface area contributed by atoms with Gasteiger partial charge in [0, 0.05) is 38.8 Å². The molecule has 8 nitrogen and oxygen atoms in total. The van der Waals surface area contributed by atoms with Gasteiger partial charge in [-0.25, -0.2) is 0 Å². The summed E-state index contributed by atoms with van der Waals surface area (Å²) < 4.78 is 15.7. The van der Waals surface area contributed by atoms with Crippen LogP contribution < -0.4 is 0 Å². The van der Waals surface area contributed by atoms with E-state index in [2.05, 4.69) is 10.1 Å². The van der Waals surface area contributed by atoms with E-state index < -0.39 is 6.10 Å². The van der Waals surface area contributed by atoms with Crippen molar-refractivity contribution in [3.05, 3.63) is 54.3 Å². The van der Waals surface area contributed by atoms with Crippen LogP contribution >= 0.6 is 0 Å². The molecule has 0 saturated carbocycles. The Hall–Kier alpha value is -2.84. The minimum absolute atomic E-state index is 0.169. The molecular formula is C18H19N3O5. The van der Waals surface area contributed by atoms with Crippen molar-refractivity contribution in [2.45, 2.75) is 6.10 Å². The standard InChI is InChI=1S/C18H19N3O5/c22-14(15-3-1-9-24-15)12-20-5-7-21(8-6-20)18(23)13-11-17(26-19-13)16-4-2-10-25-16/h1-4,9-11,14,22H,5-8,12H2/t14-/m1/s1. The number of furan rings is 2. The minimum atomic E-state index is -0.668. The van der Waals surface area contributed by atoms with Crippen LogP contribution in [-0.4, -0.2) is 58.7 Å². The van der Waals surface area contributed by atoms with E-state index in [1.807, 2.05) is 0 Å². The Balaban J connectivity index is 1.32. The molecule has 0 spiro atoms. The van der Waals surface area contributed by atoms with E-state index in [1.165, 1.54) is 6.26 Å². The highest BCUT2D eigenvalue weighted by molar-refractivity contribution is 5.93. The normalized spacial score (nSPS) is 16.7. The fourth-order valence-corrected chi connectivity index (χ4v) is 3.02. The van der Waals surface area contributed by atoms with Crippen LogP contribution in [0.5, 0.6) is 0 Å². The van der Waals surface area contributed by atoms with Crippen molar-refractivity contribution in [2.75, 3.05) is 32.7 Å². The quantitative estimate of drug-likeness (QED) is 0.746. The first-order valence-corrected chi connectivity index (χ1v) is 8.44. The van der Waals surface area contributed by atoms with Gasteiger partial charge in [-0.2, -0.15) is 0 Å². The van der Waals surface area contributed by atoms with Crippen molar-refractivity contribution < 1.29 is 23.3 Å². The first-order chi connectivity index (χ1) is 12.7. The maximum atomic E-state index is 12.6. The molecule has 1 fully saturated rings. The van der Waals surface area contributed by atoms with Crippen LogP contribution in [-0.2, 0) is 0 Å². The van der Waals surface area contributed by atoms with Crippen molar-refractivity contribution in [3.8, 4) is 11.5 Å². The second kappa shape index (κ2) is 7.19. The van der Waals surface area contributed by atoms with E-state index in [0.717, 1.165) is 0 Å². The number of amides is 1. The van der Waals surface area contributed by atoms with Crippen molar-refractivity contribution in [2.24, 2.45) is 0 Å². The van der Waals surface area contributed by atoms with E-state index in [0.29, 0.717) is 50.0 Å². The third kappa shape index (κ3) is 3.42. The minimum Gasteiger partial charge on any atom is -0.467 e. The molecule has 1 amide bonds. The summed E-state index contributed by atoms with van der Waals surface area (Å²) in [5.41, 5.74) is 0.264. The summed E-state index contributed by atoms with van der Waals surface area (Å²) in [4.78, 5) is 16.4. The molecule has 0 aromatic carbocycles. The highest BCUT2D eigenvalue weighted by atomic mass is 16.5. The van der Waals surface area contributed by atoms with Crippen LogP contribution in [0.15, 0.2) is 56.2 Å². The third-order valence-electron chi connectivity index (χ3n) is 4.46. The molecule has 4 rings (SSSR count). The lowest BCUT2D eigenvalue weighted by molar-refractivity contribution is 0.0479. The molecule has 0 aliphatic carbocycles. The number of hydrogen-bond acceptors (Lipinski definition) is 7. The van der Waals surface area contributed by atoms with Gasteiger partial charge in [0.15, 0.2) is 11.5 Å². The lowest BCUT2D eigenvalue weighted by Gasteiger charge is -2.34. The number of carbonyl (C=O) groups is 1.